The molecule has 0 aliphatic rings. The molecule has 0 aliphatic heterocycles. The highest BCUT2D eigenvalue weighted by molar-refractivity contribution is 9.10. The smallest absolute Gasteiger partial charge is 0.223 e. The van der Waals surface area contributed by atoms with E-state index in [9.17, 15) is 5.11 Å². The molecule has 6 heteroatoms. The van der Waals surface area contributed by atoms with Crippen LogP contribution in [0.5, 0.6) is 5.75 Å². The first kappa shape index (κ1) is 13.0. The summed E-state index contributed by atoms with van der Waals surface area (Å²) in [4.78, 5) is 4.05. The second-order valence-corrected chi connectivity index (χ2v) is 4.79. The van der Waals surface area contributed by atoms with Gasteiger partial charge in [0.05, 0.1) is 6.10 Å². The lowest BCUT2D eigenvalue weighted by Gasteiger charge is -2.12. The minimum absolute atomic E-state index is 0.202. The molecule has 5 nitrogen and oxygen atoms in total. The van der Waals surface area contributed by atoms with Crippen LogP contribution in [-0.2, 0) is 6.61 Å². The normalized spacial score (nSPS) is 12.4. The molecule has 1 atom stereocenters. The Morgan fingerprint density at radius 1 is 1.50 bits per heavy atom. The van der Waals surface area contributed by atoms with Crippen molar-refractivity contribution in [3.63, 3.8) is 0 Å². The van der Waals surface area contributed by atoms with Gasteiger partial charge < -0.3 is 14.4 Å². The summed E-state index contributed by atoms with van der Waals surface area (Å²) in [5.41, 5.74) is 0.721. The average molecular weight is 313 g/mol. The van der Waals surface area contributed by atoms with Gasteiger partial charge in [-0.1, -0.05) is 27.2 Å². The maximum Gasteiger partial charge on any atom is 0.223 e. The lowest BCUT2D eigenvalue weighted by molar-refractivity contribution is 0.189. The summed E-state index contributed by atoms with van der Waals surface area (Å²) in [6.07, 6.45) is -0.597. The van der Waals surface area contributed by atoms with Crippen LogP contribution in [-0.4, -0.2) is 15.2 Å². The van der Waals surface area contributed by atoms with Crippen LogP contribution in [0.4, 0.5) is 0 Å². The van der Waals surface area contributed by atoms with Crippen LogP contribution < -0.4 is 4.74 Å². The predicted molar refractivity (Wildman–Crippen MR) is 68.1 cm³/mol. The number of benzene rings is 1. The Morgan fingerprint density at radius 2 is 2.28 bits per heavy atom. The molecular formula is C12H13BrN2O3. The summed E-state index contributed by atoms with van der Waals surface area (Å²) in [5.74, 6) is 1.57. The quantitative estimate of drug-likeness (QED) is 0.940. The highest BCUT2D eigenvalue weighted by Crippen LogP contribution is 2.29. The molecule has 0 aliphatic carbocycles. The van der Waals surface area contributed by atoms with Crippen LogP contribution in [0.15, 0.2) is 27.2 Å². The van der Waals surface area contributed by atoms with Gasteiger partial charge in [0.25, 0.3) is 0 Å². The monoisotopic (exact) mass is 312 g/mol. The van der Waals surface area contributed by atoms with Crippen molar-refractivity contribution in [2.24, 2.45) is 0 Å². The van der Waals surface area contributed by atoms with Crippen molar-refractivity contribution >= 4 is 15.9 Å². The lowest BCUT2D eigenvalue weighted by atomic mass is 10.1. The Kier molecular flexibility index (Phi) is 3.98. The van der Waals surface area contributed by atoms with Crippen molar-refractivity contribution in [1.29, 1.82) is 0 Å². The molecule has 2 aromatic rings. The number of rotatable bonds is 4. The highest BCUT2D eigenvalue weighted by atomic mass is 79.9. The first-order chi connectivity index (χ1) is 8.56. The standard InChI is InChI=1S/C12H13BrN2O3/c1-7(16)10-4-3-9(13)5-11(10)17-6-12-14-8(2)18-15-12/h3-5,7,16H,6H2,1-2H3/t7-/m0/s1. The third-order valence-electron chi connectivity index (χ3n) is 2.35. The van der Waals surface area contributed by atoms with Gasteiger partial charge in [-0.15, -0.1) is 0 Å². The van der Waals surface area contributed by atoms with Gasteiger partial charge in [-0.05, 0) is 19.1 Å². The van der Waals surface area contributed by atoms with E-state index in [0.29, 0.717) is 17.5 Å². The molecular weight excluding hydrogens is 300 g/mol. The molecule has 1 N–H and O–H groups in total. The number of aromatic nitrogens is 2. The number of hydrogen-bond acceptors (Lipinski definition) is 5. The van der Waals surface area contributed by atoms with Gasteiger partial charge in [-0.3, -0.25) is 0 Å². The van der Waals surface area contributed by atoms with E-state index >= 15 is 0 Å². The third-order valence-corrected chi connectivity index (χ3v) is 2.85. The summed E-state index contributed by atoms with van der Waals surface area (Å²) in [5, 5.41) is 13.4. The number of ether oxygens (including phenoxy) is 1. The fraction of sp³-hybridized carbons (Fsp3) is 0.333. The molecule has 0 radical (unpaired) electrons. The van der Waals surface area contributed by atoms with Crippen LogP contribution >= 0.6 is 15.9 Å². The van der Waals surface area contributed by atoms with Crippen molar-refractivity contribution in [1.82, 2.24) is 10.1 Å². The van der Waals surface area contributed by atoms with Gasteiger partial charge in [0.15, 0.2) is 6.61 Å². The molecule has 0 saturated heterocycles. The SMILES string of the molecule is Cc1nc(COc2cc(Br)ccc2[C@H](C)O)no1. The van der Waals surface area contributed by atoms with E-state index in [1.807, 2.05) is 12.1 Å². The summed E-state index contributed by atoms with van der Waals surface area (Å²) >= 11 is 3.36. The summed E-state index contributed by atoms with van der Waals surface area (Å²) in [6.45, 7) is 3.61. The second kappa shape index (κ2) is 5.49. The van der Waals surface area contributed by atoms with E-state index in [1.54, 1.807) is 19.9 Å². The van der Waals surface area contributed by atoms with E-state index in [-0.39, 0.29) is 6.61 Å². The second-order valence-electron chi connectivity index (χ2n) is 3.88. The number of aryl methyl sites for hydroxylation is 1. The Bertz CT molecular complexity index is 540. The van der Waals surface area contributed by atoms with Crippen molar-refractivity contribution in [2.45, 2.75) is 26.6 Å². The maximum atomic E-state index is 9.65. The summed E-state index contributed by atoms with van der Waals surface area (Å²) in [7, 11) is 0. The van der Waals surface area contributed by atoms with Crippen LogP contribution in [0.1, 0.15) is 30.3 Å². The number of nitrogens with zero attached hydrogens (tertiary/aromatic N) is 2. The Hall–Kier alpha value is -1.40. The Labute approximate surface area is 113 Å². The van der Waals surface area contributed by atoms with E-state index in [2.05, 4.69) is 26.1 Å². The topological polar surface area (TPSA) is 68.4 Å². The van der Waals surface area contributed by atoms with Crippen LogP contribution in [0.25, 0.3) is 0 Å². The van der Waals surface area contributed by atoms with Gasteiger partial charge in [0.1, 0.15) is 5.75 Å². The number of hydrogen-bond donors (Lipinski definition) is 1. The molecule has 0 unspecified atom stereocenters. The highest BCUT2D eigenvalue weighted by Gasteiger charge is 2.11. The first-order valence-electron chi connectivity index (χ1n) is 5.46. The van der Waals surface area contributed by atoms with Gasteiger partial charge in [-0.25, -0.2) is 0 Å². The molecule has 1 aromatic carbocycles. The number of aliphatic hydroxyl groups is 1. The van der Waals surface area contributed by atoms with Crippen LogP contribution in [0, 0.1) is 6.92 Å². The van der Waals surface area contributed by atoms with Gasteiger partial charge in [0.2, 0.25) is 11.7 Å². The minimum atomic E-state index is -0.597. The zero-order valence-corrected chi connectivity index (χ0v) is 11.6. The lowest BCUT2D eigenvalue weighted by Crippen LogP contribution is -2.02. The number of aliphatic hydroxyl groups excluding tert-OH is 1. The molecule has 2 rings (SSSR count). The van der Waals surface area contributed by atoms with Crippen molar-refractivity contribution in [2.75, 3.05) is 0 Å². The maximum absolute atomic E-state index is 9.65. The average Bonchev–Trinajstić information content (AvgIpc) is 2.72. The zero-order valence-electron chi connectivity index (χ0n) is 10.1. The summed E-state index contributed by atoms with van der Waals surface area (Å²) < 4.78 is 11.3. The molecule has 0 bridgehead atoms. The predicted octanol–water partition coefficient (Wildman–Crippen LogP) is 2.77. The largest absolute Gasteiger partial charge is 0.485 e. The Morgan fingerprint density at radius 3 is 2.89 bits per heavy atom. The van der Waals surface area contributed by atoms with Gasteiger partial charge >= 0.3 is 0 Å². The zero-order chi connectivity index (χ0) is 13.1. The third kappa shape index (κ3) is 3.08. The van der Waals surface area contributed by atoms with Crippen LogP contribution in [0.3, 0.4) is 0 Å². The van der Waals surface area contributed by atoms with Crippen molar-refractivity contribution < 1.29 is 14.4 Å². The van der Waals surface area contributed by atoms with E-state index < -0.39 is 6.10 Å². The molecule has 96 valence electrons. The molecule has 0 saturated carbocycles. The molecule has 18 heavy (non-hydrogen) atoms. The van der Waals surface area contributed by atoms with Crippen molar-refractivity contribution in [3.8, 4) is 5.75 Å². The first-order valence-corrected chi connectivity index (χ1v) is 6.25. The van der Waals surface area contributed by atoms with Gasteiger partial charge in [0, 0.05) is 17.0 Å². The fourth-order valence-corrected chi connectivity index (χ4v) is 1.86. The van der Waals surface area contributed by atoms with Crippen molar-refractivity contribution in [3.05, 3.63) is 40.0 Å². The molecule has 0 amide bonds. The van der Waals surface area contributed by atoms with E-state index in [1.165, 1.54) is 0 Å². The van der Waals surface area contributed by atoms with E-state index in [4.69, 9.17) is 9.26 Å². The minimum Gasteiger partial charge on any atom is -0.485 e. The van der Waals surface area contributed by atoms with E-state index in [0.717, 1.165) is 10.0 Å². The molecule has 1 heterocycles. The molecule has 0 spiro atoms. The fourth-order valence-electron chi connectivity index (χ4n) is 1.52. The number of halogens is 1. The molecule has 1 aromatic heterocycles. The Balaban J connectivity index is 2.15. The molecule has 0 fully saturated rings. The van der Waals surface area contributed by atoms with Crippen LogP contribution in [0.2, 0.25) is 0 Å². The summed E-state index contributed by atoms with van der Waals surface area (Å²) in [6, 6.07) is 5.47. The van der Waals surface area contributed by atoms with Gasteiger partial charge in [-0.2, -0.15) is 4.98 Å².